The summed E-state index contributed by atoms with van der Waals surface area (Å²) in [4.78, 5) is 48.3. The Morgan fingerprint density at radius 1 is 0.366 bits per heavy atom. The molecule has 0 atom stereocenters. The molecular formula is C119H119Br2N6O7+. The van der Waals surface area contributed by atoms with E-state index in [0.29, 0.717) is 59.5 Å². The molecule has 0 bridgehead atoms. The summed E-state index contributed by atoms with van der Waals surface area (Å²) in [5, 5.41) is 53.8. The molecule has 0 spiro atoms. The topological polar surface area (TPSA) is 151 Å². The molecule has 6 aliphatic heterocycles. The highest BCUT2D eigenvalue weighted by molar-refractivity contribution is 6.27. The van der Waals surface area contributed by atoms with Gasteiger partial charge in [-0.15, -0.1) is 45.2 Å². The lowest BCUT2D eigenvalue weighted by Crippen LogP contribution is -3.00. The highest BCUT2D eigenvalue weighted by atomic mass is 79.9. The molecule has 9 aliphatic rings. The molecule has 15 heteroatoms. The minimum atomic E-state index is -0.471. The normalized spacial score (nSPS) is 19.7. The maximum Gasteiger partial charge on any atom is 0.210 e. The highest BCUT2D eigenvalue weighted by Crippen LogP contribution is 2.57. The average Bonchev–Trinajstić information content (AvgIpc) is 1.56. The van der Waals surface area contributed by atoms with Crippen molar-refractivity contribution in [1.29, 1.82) is 0 Å². The first-order valence-electron chi connectivity index (χ1n) is 46.2. The molecule has 680 valence electrons. The fourth-order valence-corrected chi connectivity index (χ4v) is 22.3. The second-order valence-corrected chi connectivity index (χ2v) is 39.0. The number of anilines is 3. The predicted molar refractivity (Wildman–Crippen MR) is 544 cm³/mol. The maximum atomic E-state index is 14.1. The summed E-state index contributed by atoms with van der Waals surface area (Å²) in [7, 11) is 0. The molecule has 134 heavy (non-hydrogen) atoms. The van der Waals surface area contributed by atoms with E-state index in [2.05, 4.69) is 303 Å². The average molecular weight is 1910 g/mol. The van der Waals surface area contributed by atoms with Gasteiger partial charge in [-0.1, -0.05) is 205 Å². The first-order valence-corrected chi connectivity index (χ1v) is 46.2. The van der Waals surface area contributed by atoms with Gasteiger partial charge in [0.05, 0.1) is 62.7 Å². The molecule has 0 saturated heterocycles. The number of carbonyl (C=O) groups is 3. The Morgan fingerprint density at radius 2 is 0.769 bits per heavy atom. The lowest BCUT2D eigenvalue weighted by Gasteiger charge is -2.29. The Bertz CT molecular complexity index is 7220. The number of hydrogen-bond acceptors (Lipinski definition) is 10. The van der Waals surface area contributed by atoms with Crippen LogP contribution in [0.3, 0.4) is 0 Å². The van der Waals surface area contributed by atoms with Crippen LogP contribution in [-0.2, 0) is 53.5 Å². The van der Waals surface area contributed by atoms with Gasteiger partial charge >= 0.3 is 0 Å². The number of ketones is 3. The summed E-state index contributed by atoms with van der Waals surface area (Å²) in [5.41, 5.74) is 21.8. The maximum absolute atomic E-state index is 14.1. The Labute approximate surface area is 809 Å². The fraction of sp³-hybridized carbons (Fsp3) is 0.261. The van der Waals surface area contributed by atoms with Gasteiger partial charge in [0.1, 0.15) is 17.3 Å². The van der Waals surface area contributed by atoms with E-state index in [1.54, 1.807) is 0 Å². The SMILES string of the molecule is C#CCC[N+]1=C(C=C2C(=O)C(C=C3N(CC=C)c4ccccc4C3(C)C)=C2O)C(C)(C)c2ccccc21.C=CCCN1/C(=C/C2=C(O)C(=C/C3=[N+](CCC=C)c4ccc5ccccc5c4C3(C)C)/C2=O)C(C)(C)c2c1ccc1ccccc21.C=CCCN1C(=CC2=C(O)C(=CC3=[N+](CCC=C)c4ccc5c(CO)cccc5c4C3(C)C)C2=O)C(C)(C)c2c1ccc1c(C)cccc21.[Br-].[Br-]. The van der Waals surface area contributed by atoms with E-state index in [4.69, 9.17) is 6.42 Å². The number of aryl methyl sites for hydroxylation is 1. The second-order valence-electron chi connectivity index (χ2n) is 39.0. The van der Waals surface area contributed by atoms with Crippen LogP contribution in [0.15, 0.2) is 350 Å². The number of rotatable bonds is 23. The molecule has 0 radical (unpaired) electrons. The highest BCUT2D eigenvalue weighted by Gasteiger charge is 2.53. The van der Waals surface area contributed by atoms with Crippen LogP contribution >= 0.6 is 0 Å². The van der Waals surface area contributed by atoms with Crippen LogP contribution in [0.5, 0.6) is 0 Å². The minimum Gasteiger partial charge on any atom is -1.00 e. The summed E-state index contributed by atoms with van der Waals surface area (Å²) in [6.07, 6.45) is 30.2. The second kappa shape index (κ2) is 36.7. The van der Waals surface area contributed by atoms with Gasteiger partial charge in [0.15, 0.2) is 36.8 Å². The standard InChI is InChI=1S/C44H44N2O3.C42H40N2O2.C33H32N2O2.2BrH/c1-8-10-22-45-35-20-18-29-27(3)14-12-16-31(29)39(35)43(4,5)37(45)24-33-41(48)34(42(33)49)25-38-44(6,7)40-32-17-13-15-28(26-47)30(32)19-21-36(40)46(38)23-11-9-2;1-7-9-23-43-33-21-19-27-15-11-13-17-29(27)37(33)41(3,4)35(43)25-31-39(45)32(40(31)46)26-36-42(5,6)38-30-18-14-12-16-28(30)20-22-34(38)44(36)24-10-8-2;1-7-9-19-35-27-17-13-11-15-25(27)33(5,6)29(35)21-23-30(36)22(31(23)37)20-28-32(3,4)24-14-10-12-16-26(24)34(28)18-8-2;;/h8-9,12-21,24-25,47H,1-2,10-11,22-23,26H2,3-7H3;7-8,11-22,25-26H,1-2,9-10,23-24H2,3-6H3;1,8,10-17,20-21H,2,9,18-19H2,3-6H3;2*1H/p+1. The molecule has 4 N–H and O–H groups in total. The van der Waals surface area contributed by atoms with Crippen molar-refractivity contribution in [3.63, 3.8) is 0 Å². The van der Waals surface area contributed by atoms with Gasteiger partial charge in [-0.2, -0.15) is 13.7 Å². The zero-order chi connectivity index (χ0) is 93.7. The van der Waals surface area contributed by atoms with Crippen molar-refractivity contribution in [2.24, 2.45) is 0 Å². The zero-order valence-electron chi connectivity index (χ0n) is 79.2. The van der Waals surface area contributed by atoms with Crippen molar-refractivity contribution in [3.8, 4) is 12.3 Å². The minimum absolute atomic E-state index is 0. The number of halogens is 2. The van der Waals surface area contributed by atoms with Crippen molar-refractivity contribution < 1.29 is 82.5 Å². The zero-order valence-corrected chi connectivity index (χ0v) is 82.4. The van der Waals surface area contributed by atoms with Gasteiger partial charge in [-0.3, -0.25) is 14.4 Å². The summed E-state index contributed by atoms with van der Waals surface area (Å²) >= 11 is 0. The number of aliphatic hydroxyl groups is 4. The summed E-state index contributed by atoms with van der Waals surface area (Å²) < 4.78 is 6.74. The fourth-order valence-electron chi connectivity index (χ4n) is 22.3. The lowest BCUT2D eigenvalue weighted by molar-refractivity contribution is -0.436. The van der Waals surface area contributed by atoms with Gasteiger partial charge in [0.25, 0.3) is 0 Å². The largest absolute Gasteiger partial charge is 1.00 e. The number of benzene rings is 10. The summed E-state index contributed by atoms with van der Waals surface area (Å²) in [5.74, 6) is 2.43. The lowest BCUT2D eigenvalue weighted by atomic mass is 9.76. The van der Waals surface area contributed by atoms with Crippen LogP contribution < -0.4 is 48.7 Å². The van der Waals surface area contributed by atoms with Crippen LogP contribution in [0.4, 0.5) is 34.1 Å². The van der Waals surface area contributed by atoms with Gasteiger partial charge in [0.2, 0.25) is 34.4 Å². The molecule has 0 amide bonds. The smallest absolute Gasteiger partial charge is 0.210 e. The van der Waals surface area contributed by atoms with Gasteiger partial charge in [-0.05, 0) is 181 Å². The number of carbonyl (C=O) groups excluding carboxylic acids is 3. The third-order valence-electron chi connectivity index (χ3n) is 29.1. The number of hydrogen-bond donors (Lipinski definition) is 4. The van der Waals surface area contributed by atoms with Crippen LogP contribution in [0, 0.1) is 19.3 Å². The van der Waals surface area contributed by atoms with Crippen molar-refractivity contribution in [2.45, 2.75) is 161 Å². The van der Waals surface area contributed by atoms with E-state index in [0.717, 1.165) is 136 Å². The third-order valence-corrected chi connectivity index (χ3v) is 29.1. The van der Waals surface area contributed by atoms with Crippen molar-refractivity contribution in [3.05, 3.63) is 394 Å². The molecular weight excluding hydrogens is 1790 g/mol. The molecule has 0 aromatic heterocycles. The van der Waals surface area contributed by atoms with Gasteiger partial charge < -0.3 is 69.1 Å². The van der Waals surface area contributed by atoms with E-state index in [-0.39, 0.29) is 96.9 Å². The predicted octanol–water partition coefficient (Wildman–Crippen LogP) is 19.1. The molecule has 0 fully saturated rings. The molecule has 0 saturated carbocycles. The van der Waals surface area contributed by atoms with E-state index >= 15 is 0 Å². The van der Waals surface area contributed by atoms with Crippen molar-refractivity contribution in [2.75, 3.05) is 54.0 Å². The molecule has 10 aromatic rings. The third kappa shape index (κ3) is 15.4. The number of para-hydroxylation sites is 2. The molecule has 13 nitrogen and oxygen atoms in total. The van der Waals surface area contributed by atoms with E-state index in [1.807, 2.05) is 103 Å². The number of aliphatic hydroxyl groups excluding tert-OH is 4. The van der Waals surface area contributed by atoms with Crippen LogP contribution in [-0.4, -0.2) is 108 Å². The Morgan fingerprint density at radius 3 is 1.27 bits per heavy atom. The Balaban J connectivity index is 0.000000154. The quantitative estimate of drug-likeness (QED) is 0.0211. The molecule has 3 aliphatic carbocycles. The number of Topliss-reactive ketones (excluding diaryl/α,β-unsaturated/α-hetero) is 3. The first-order chi connectivity index (χ1) is 63.2. The Kier molecular flexibility index (Phi) is 26.2. The van der Waals surface area contributed by atoms with Crippen molar-refractivity contribution in [1.82, 2.24) is 0 Å². The van der Waals surface area contributed by atoms with Gasteiger partial charge in [0, 0.05) is 136 Å². The summed E-state index contributed by atoms with van der Waals surface area (Å²) in [6, 6.07) is 63.2. The molecule has 6 heterocycles. The molecule has 10 aromatic carbocycles. The number of allylic oxidation sites excluding steroid dienone is 15. The number of terminal acetylenes is 1. The Hall–Kier alpha value is -13.1. The monoisotopic (exact) mass is 1900 g/mol. The van der Waals surface area contributed by atoms with Crippen LogP contribution in [0.2, 0.25) is 0 Å². The van der Waals surface area contributed by atoms with E-state index in [1.165, 1.54) is 65.7 Å². The van der Waals surface area contributed by atoms with E-state index in [9.17, 15) is 34.8 Å². The molecule has 19 rings (SSSR count). The first kappa shape index (κ1) is 95.5. The number of fused-ring (bicyclic) bond motifs is 14. The van der Waals surface area contributed by atoms with Crippen LogP contribution in [0.25, 0.3) is 43.1 Å². The van der Waals surface area contributed by atoms with Gasteiger partial charge in [-0.25, -0.2) is 0 Å². The number of nitrogens with zero attached hydrogens (tertiary/aromatic N) is 6. The van der Waals surface area contributed by atoms with E-state index < -0.39 is 10.8 Å². The van der Waals surface area contributed by atoms with Crippen molar-refractivity contribution >= 4 is 112 Å². The molecule has 0 unspecified atom stereocenters. The van der Waals surface area contributed by atoms with Crippen LogP contribution in [0.1, 0.15) is 160 Å². The summed E-state index contributed by atoms with van der Waals surface area (Å²) in [6.45, 7) is 52.2.